The molecule has 1 fully saturated rings. The van der Waals surface area contributed by atoms with E-state index in [2.05, 4.69) is 53.5 Å². The molecule has 3 heterocycles. The van der Waals surface area contributed by atoms with Gasteiger partial charge >= 0.3 is 0 Å². The third-order valence-corrected chi connectivity index (χ3v) is 5.77. The van der Waals surface area contributed by atoms with Crippen LogP contribution in [0.15, 0.2) is 22.6 Å². The van der Waals surface area contributed by atoms with Gasteiger partial charge in [-0.05, 0) is 48.7 Å². The molecule has 25 heavy (non-hydrogen) atoms. The summed E-state index contributed by atoms with van der Waals surface area (Å²) in [6.07, 6.45) is 4.01. The maximum absolute atomic E-state index is 6.48. The number of anilines is 1. The Balaban J connectivity index is 1.93. The van der Waals surface area contributed by atoms with E-state index in [1.54, 1.807) is 6.20 Å². The van der Waals surface area contributed by atoms with Crippen LogP contribution in [0, 0.1) is 11.8 Å². The molecule has 1 aliphatic carbocycles. The number of hydrogen-bond donors (Lipinski definition) is 0. The third-order valence-electron chi connectivity index (χ3n) is 4.71. The number of hydrogen-bond acceptors (Lipinski definition) is 4. The van der Waals surface area contributed by atoms with Crippen molar-refractivity contribution < 1.29 is 4.74 Å². The Morgan fingerprint density at radius 1 is 1.28 bits per heavy atom. The van der Waals surface area contributed by atoms with Gasteiger partial charge in [0.15, 0.2) is 12.0 Å². The zero-order valence-electron chi connectivity index (χ0n) is 14.8. The average Bonchev–Trinajstić information content (AvgIpc) is 3.22. The molecule has 1 aliphatic heterocycles. The van der Waals surface area contributed by atoms with E-state index in [0.717, 1.165) is 27.1 Å². The van der Waals surface area contributed by atoms with E-state index in [4.69, 9.17) is 21.4 Å². The standard InChI is InChI=1S/C18H22BrClN4O/c1-9(2)18-23(15(19)14(25-18)11-5-6-11)17-13-12(7-8-21-16(13)20)24(22-17)10(3)4/h7-11,18H,5-6H2,1-4H3. The predicted octanol–water partition coefficient (Wildman–Crippen LogP) is 5.46. The summed E-state index contributed by atoms with van der Waals surface area (Å²) in [6, 6.07) is 2.19. The second-order valence-corrected chi connectivity index (χ2v) is 8.52. The number of ether oxygens (including phenoxy) is 1. The highest BCUT2D eigenvalue weighted by atomic mass is 79.9. The molecule has 0 bridgehead atoms. The molecule has 0 aromatic carbocycles. The van der Waals surface area contributed by atoms with Crippen molar-refractivity contribution in [3.05, 3.63) is 27.8 Å². The lowest BCUT2D eigenvalue weighted by Gasteiger charge is -2.27. The molecular weight excluding hydrogens is 404 g/mol. The van der Waals surface area contributed by atoms with Gasteiger partial charge in [-0.15, -0.1) is 0 Å². The topological polar surface area (TPSA) is 43.2 Å². The van der Waals surface area contributed by atoms with E-state index in [9.17, 15) is 0 Å². The molecule has 7 heteroatoms. The number of aromatic nitrogens is 3. The molecule has 2 aromatic heterocycles. The van der Waals surface area contributed by atoms with Gasteiger partial charge < -0.3 is 4.74 Å². The van der Waals surface area contributed by atoms with Crippen molar-refractivity contribution in [2.75, 3.05) is 4.90 Å². The van der Waals surface area contributed by atoms with Crippen molar-refractivity contribution in [1.29, 1.82) is 0 Å². The Morgan fingerprint density at radius 3 is 2.60 bits per heavy atom. The highest BCUT2D eigenvalue weighted by Crippen LogP contribution is 2.49. The van der Waals surface area contributed by atoms with E-state index >= 15 is 0 Å². The molecule has 4 rings (SSSR count). The van der Waals surface area contributed by atoms with Gasteiger partial charge in [0.2, 0.25) is 0 Å². The van der Waals surface area contributed by atoms with Gasteiger partial charge in [-0.2, -0.15) is 5.10 Å². The highest BCUT2D eigenvalue weighted by Gasteiger charge is 2.43. The van der Waals surface area contributed by atoms with Gasteiger partial charge in [-0.1, -0.05) is 25.4 Å². The molecule has 0 amide bonds. The zero-order chi connectivity index (χ0) is 17.9. The van der Waals surface area contributed by atoms with Crippen LogP contribution >= 0.6 is 27.5 Å². The second kappa shape index (κ2) is 6.16. The van der Waals surface area contributed by atoms with Crippen molar-refractivity contribution in [2.45, 2.75) is 52.8 Å². The Bertz CT molecular complexity index is 856. The van der Waals surface area contributed by atoms with Crippen LogP contribution in [0.3, 0.4) is 0 Å². The van der Waals surface area contributed by atoms with Crippen LogP contribution in [0.4, 0.5) is 5.82 Å². The molecule has 1 atom stereocenters. The summed E-state index contributed by atoms with van der Waals surface area (Å²) < 4.78 is 9.31. The van der Waals surface area contributed by atoms with Crippen molar-refractivity contribution >= 4 is 44.3 Å². The van der Waals surface area contributed by atoms with Crippen molar-refractivity contribution in [3.8, 4) is 0 Å². The summed E-state index contributed by atoms with van der Waals surface area (Å²) >= 11 is 10.3. The Labute approximate surface area is 161 Å². The van der Waals surface area contributed by atoms with E-state index in [1.807, 2.05) is 10.7 Å². The van der Waals surface area contributed by atoms with Crippen LogP contribution in [-0.4, -0.2) is 21.0 Å². The Morgan fingerprint density at radius 2 is 2.00 bits per heavy atom. The van der Waals surface area contributed by atoms with E-state index in [1.165, 1.54) is 12.8 Å². The predicted molar refractivity (Wildman–Crippen MR) is 104 cm³/mol. The Hall–Kier alpha value is -1.27. The lowest BCUT2D eigenvalue weighted by atomic mass is 10.1. The summed E-state index contributed by atoms with van der Waals surface area (Å²) in [5.74, 6) is 2.68. The Kier molecular flexibility index (Phi) is 4.23. The molecule has 0 radical (unpaired) electrons. The summed E-state index contributed by atoms with van der Waals surface area (Å²) in [5.41, 5.74) is 0.993. The maximum atomic E-state index is 6.48. The van der Waals surface area contributed by atoms with Crippen LogP contribution in [0.5, 0.6) is 0 Å². The fourth-order valence-corrected chi connectivity index (χ4v) is 4.34. The maximum Gasteiger partial charge on any atom is 0.180 e. The van der Waals surface area contributed by atoms with Crippen molar-refractivity contribution in [1.82, 2.24) is 14.8 Å². The first-order chi connectivity index (χ1) is 11.9. The van der Waals surface area contributed by atoms with Gasteiger partial charge in [-0.3, -0.25) is 9.58 Å². The molecule has 134 valence electrons. The van der Waals surface area contributed by atoms with Crippen LogP contribution in [-0.2, 0) is 4.74 Å². The summed E-state index contributed by atoms with van der Waals surface area (Å²) in [4.78, 5) is 6.43. The molecule has 1 unspecified atom stereocenters. The minimum Gasteiger partial charge on any atom is -0.471 e. The third kappa shape index (κ3) is 2.74. The van der Waals surface area contributed by atoms with E-state index in [-0.39, 0.29) is 12.3 Å². The van der Waals surface area contributed by atoms with Crippen LogP contribution < -0.4 is 4.90 Å². The molecule has 0 spiro atoms. The molecule has 2 aliphatic rings. The smallest absolute Gasteiger partial charge is 0.180 e. The zero-order valence-corrected chi connectivity index (χ0v) is 17.2. The minimum atomic E-state index is -0.0973. The van der Waals surface area contributed by atoms with Gasteiger partial charge in [0, 0.05) is 24.1 Å². The number of rotatable bonds is 4. The molecule has 0 N–H and O–H groups in total. The fraction of sp³-hybridized carbons (Fsp3) is 0.556. The quantitative estimate of drug-likeness (QED) is 0.482. The first-order valence-corrected chi connectivity index (χ1v) is 9.95. The van der Waals surface area contributed by atoms with Crippen molar-refractivity contribution in [3.63, 3.8) is 0 Å². The van der Waals surface area contributed by atoms with E-state index < -0.39 is 0 Å². The SMILES string of the molecule is CC(C)C1OC(C2CC2)=C(Br)N1c1nn(C(C)C)c2ccnc(Cl)c12. The number of nitrogens with zero attached hydrogens (tertiary/aromatic N) is 4. The number of allylic oxidation sites excluding steroid dienone is 1. The fourth-order valence-electron chi connectivity index (χ4n) is 3.31. The van der Waals surface area contributed by atoms with Gasteiger partial charge in [0.25, 0.3) is 0 Å². The summed E-state index contributed by atoms with van der Waals surface area (Å²) in [7, 11) is 0. The molecule has 1 saturated carbocycles. The largest absolute Gasteiger partial charge is 0.471 e. The molecular formula is C18H22BrClN4O. The summed E-state index contributed by atoms with van der Waals surface area (Å²) in [6.45, 7) is 8.56. The first kappa shape index (κ1) is 17.2. The summed E-state index contributed by atoms with van der Waals surface area (Å²) in [5, 5.41) is 6.25. The minimum absolute atomic E-state index is 0.0973. The number of halogens is 2. The lowest BCUT2D eigenvalue weighted by Crippen LogP contribution is -2.34. The van der Waals surface area contributed by atoms with Crippen molar-refractivity contribution in [2.24, 2.45) is 11.8 Å². The average molecular weight is 426 g/mol. The van der Waals surface area contributed by atoms with Crippen LogP contribution in [0.2, 0.25) is 5.15 Å². The lowest BCUT2D eigenvalue weighted by molar-refractivity contribution is 0.0949. The number of pyridine rings is 1. The first-order valence-electron chi connectivity index (χ1n) is 8.78. The normalized spacial score (nSPS) is 21.1. The van der Waals surface area contributed by atoms with Crippen LogP contribution in [0.1, 0.15) is 46.6 Å². The van der Waals surface area contributed by atoms with E-state index in [0.29, 0.717) is 17.0 Å². The second-order valence-electron chi connectivity index (χ2n) is 7.41. The number of fused-ring (bicyclic) bond motifs is 1. The highest BCUT2D eigenvalue weighted by molar-refractivity contribution is 9.11. The van der Waals surface area contributed by atoms with Crippen LogP contribution in [0.25, 0.3) is 10.9 Å². The van der Waals surface area contributed by atoms with Gasteiger partial charge in [0.1, 0.15) is 15.5 Å². The molecule has 0 saturated heterocycles. The monoisotopic (exact) mass is 424 g/mol. The van der Waals surface area contributed by atoms with Gasteiger partial charge in [-0.25, -0.2) is 4.98 Å². The molecule has 2 aromatic rings. The molecule has 5 nitrogen and oxygen atoms in total. The van der Waals surface area contributed by atoms with Gasteiger partial charge in [0.05, 0.1) is 10.9 Å².